The minimum atomic E-state index is -4.96. The Kier molecular flexibility index (Phi) is 3.69. The van der Waals surface area contributed by atoms with E-state index in [0.29, 0.717) is 4.90 Å². The zero-order chi connectivity index (χ0) is 14.9. The first kappa shape index (κ1) is 14.4. The van der Waals surface area contributed by atoms with E-state index in [9.17, 15) is 22.8 Å². The summed E-state index contributed by atoms with van der Waals surface area (Å²) in [6.07, 6.45) is -4.73. The molecule has 1 heterocycles. The Hall–Kier alpha value is -2.05. The summed E-state index contributed by atoms with van der Waals surface area (Å²) in [5, 5.41) is 0. The highest BCUT2D eigenvalue weighted by molar-refractivity contribution is 6.02. The Labute approximate surface area is 113 Å². The van der Waals surface area contributed by atoms with Gasteiger partial charge in [0.2, 0.25) is 0 Å². The molecule has 1 aromatic carbocycles. The molecule has 0 radical (unpaired) electrons. The van der Waals surface area contributed by atoms with E-state index in [1.54, 1.807) is 6.92 Å². The molecule has 108 valence electrons. The zero-order valence-electron chi connectivity index (χ0n) is 10.7. The van der Waals surface area contributed by atoms with Crippen LogP contribution in [0.3, 0.4) is 0 Å². The summed E-state index contributed by atoms with van der Waals surface area (Å²) in [6, 6.07) is 4.16. The van der Waals surface area contributed by atoms with E-state index in [2.05, 4.69) is 0 Å². The Morgan fingerprint density at radius 2 is 2.05 bits per heavy atom. The maximum absolute atomic E-state index is 12.6. The number of ketones is 1. The van der Waals surface area contributed by atoms with Crippen LogP contribution in [0, 0.1) is 0 Å². The fourth-order valence-electron chi connectivity index (χ4n) is 1.96. The fourth-order valence-corrected chi connectivity index (χ4v) is 1.96. The molecule has 4 nitrogen and oxygen atoms in total. The van der Waals surface area contributed by atoms with Crippen molar-refractivity contribution in [3.8, 4) is 5.75 Å². The van der Waals surface area contributed by atoms with Crippen LogP contribution in [0.5, 0.6) is 5.75 Å². The number of anilines is 1. The SMILES string of the molecule is CCC(=O)c1ccc2c(c1)N(C(=O)C(F)(F)F)CCO2. The minimum Gasteiger partial charge on any atom is -0.490 e. The van der Waals surface area contributed by atoms with Crippen molar-refractivity contribution in [2.75, 3.05) is 18.1 Å². The summed E-state index contributed by atoms with van der Waals surface area (Å²) in [4.78, 5) is 23.6. The molecular weight excluding hydrogens is 275 g/mol. The number of halogens is 3. The van der Waals surface area contributed by atoms with Gasteiger partial charge >= 0.3 is 12.1 Å². The Morgan fingerprint density at radius 3 is 2.65 bits per heavy atom. The van der Waals surface area contributed by atoms with E-state index in [4.69, 9.17) is 4.74 Å². The molecule has 0 atom stereocenters. The van der Waals surface area contributed by atoms with Crippen LogP contribution >= 0.6 is 0 Å². The molecule has 1 aliphatic rings. The van der Waals surface area contributed by atoms with Crippen LogP contribution in [0.1, 0.15) is 23.7 Å². The molecule has 0 bridgehead atoms. The van der Waals surface area contributed by atoms with Crippen LogP contribution in [-0.4, -0.2) is 31.0 Å². The van der Waals surface area contributed by atoms with Crippen molar-refractivity contribution in [2.24, 2.45) is 0 Å². The van der Waals surface area contributed by atoms with Crippen LogP contribution in [0.15, 0.2) is 18.2 Å². The van der Waals surface area contributed by atoms with E-state index in [-0.39, 0.29) is 42.4 Å². The third kappa shape index (κ3) is 2.61. The maximum Gasteiger partial charge on any atom is 0.471 e. The predicted molar refractivity (Wildman–Crippen MR) is 65.0 cm³/mol. The summed E-state index contributed by atoms with van der Waals surface area (Å²) in [6.45, 7) is 1.43. The molecule has 0 N–H and O–H groups in total. The molecule has 2 rings (SSSR count). The second kappa shape index (κ2) is 5.15. The lowest BCUT2D eigenvalue weighted by atomic mass is 10.1. The molecule has 1 aromatic rings. The van der Waals surface area contributed by atoms with Gasteiger partial charge < -0.3 is 4.74 Å². The molecule has 20 heavy (non-hydrogen) atoms. The molecule has 0 unspecified atom stereocenters. The molecule has 0 saturated heterocycles. The van der Waals surface area contributed by atoms with E-state index in [0.717, 1.165) is 0 Å². The van der Waals surface area contributed by atoms with Crippen molar-refractivity contribution in [2.45, 2.75) is 19.5 Å². The van der Waals surface area contributed by atoms with Gasteiger partial charge in [0.25, 0.3) is 0 Å². The molecular formula is C13H12F3NO3. The molecule has 0 saturated carbocycles. The maximum atomic E-state index is 12.6. The van der Waals surface area contributed by atoms with Crippen LogP contribution in [0.2, 0.25) is 0 Å². The normalized spacial score (nSPS) is 14.5. The molecule has 0 aliphatic carbocycles. The number of hydrogen-bond donors (Lipinski definition) is 0. The number of hydrogen-bond acceptors (Lipinski definition) is 3. The molecule has 1 amide bonds. The van der Waals surface area contributed by atoms with Gasteiger partial charge in [-0.15, -0.1) is 0 Å². The van der Waals surface area contributed by atoms with Crippen LogP contribution < -0.4 is 9.64 Å². The van der Waals surface area contributed by atoms with Gasteiger partial charge in [0, 0.05) is 12.0 Å². The van der Waals surface area contributed by atoms with Gasteiger partial charge in [-0.3, -0.25) is 14.5 Å². The van der Waals surface area contributed by atoms with Crippen LogP contribution in [0.25, 0.3) is 0 Å². The lowest BCUT2D eigenvalue weighted by Crippen LogP contribution is -2.45. The second-order valence-electron chi connectivity index (χ2n) is 4.26. The van der Waals surface area contributed by atoms with Crippen LogP contribution in [-0.2, 0) is 4.79 Å². The molecule has 7 heteroatoms. The number of Topliss-reactive ketones (excluding diaryl/α,β-unsaturated/α-hetero) is 1. The van der Waals surface area contributed by atoms with Crippen molar-refractivity contribution in [1.82, 2.24) is 0 Å². The number of rotatable bonds is 2. The smallest absolute Gasteiger partial charge is 0.471 e. The van der Waals surface area contributed by atoms with Gasteiger partial charge in [-0.05, 0) is 18.2 Å². The monoisotopic (exact) mass is 287 g/mol. The lowest BCUT2D eigenvalue weighted by molar-refractivity contribution is -0.170. The van der Waals surface area contributed by atoms with Crippen molar-refractivity contribution in [1.29, 1.82) is 0 Å². The zero-order valence-corrected chi connectivity index (χ0v) is 10.7. The Morgan fingerprint density at radius 1 is 1.35 bits per heavy atom. The summed E-state index contributed by atoms with van der Waals surface area (Å²) >= 11 is 0. The highest BCUT2D eigenvalue weighted by Crippen LogP contribution is 2.35. The average molecular weight is 287 g/mol. The summed E-state index contributed by atoms with van der Waals surface area (Å²) in [7, 11) is 0. The number of nitrogens with zero attached hydrogens (tertiary/aromatic N) is 1. The molecule has 1 aliphatic heterocycles. The number of ether oxygens (including phenoxy) is 1. The second-order valence-corrected chi connectivity index (χ2v) is 4.26. The molecule has 0 aromatic heterocycles. The van der Waals surface area contributed by atoms with Gasteiger partial charge in [0.1, 0.15) is 12.4 Å². The van der Waals surface area contributed by atoms with Gasteiger partial charge in [-0.1, -0.05) is 6.92 Å². The predicted octanol–water partition coefficient (Wildman–Crippen LogP) is 2.57. The van der Waals surface area contributed by atoms with Gasteiger partial charge in [-0.2, -0.15) is 13.2 Å². The standard InChI is InChI=1S/C13H12F3NO3/c1-2-10(18)8-3-4-11-9(7-8)17(5-6-20-11)12(19)13(14,15)16/h3-4,7H,2,5-6H2,1H3. The van der Waals surface area contributed by atoms with Crippen molar-refractivity contribution in [3.63, 3.8) is 0 Å². The summed E-state index contributed by atoms with van der Waals surface area (Å²) in [5.74, 6) is -2.00. The lowest BCUT2D eigenvalue weighted by Gasteiger charge is -2.30. The highest BCUT2D eigenvalue weighted by Gasteiger charge is 2.44. The van der Waals surface area contributed by atoms with Crippen molar-refractivity contribution in [3.05, 3.63) is 23.8 Å². The topological polar surface area (TPSA) is 46.6 Å². The van der Waals surface area contributed by atoms with E-state index in [1.807, 2.05) is 0 Å². The van der Waals surface area contributed by atoms with E-state index in [1.165, 1.54) is 18.2 Å². The first-order valence-electron chi connectivity index (χ1n) is 6.03. The number of amides is 1. The summed E-state index contributed by atoms with van der Waals surface area (Å²) in [5.41, 5.74) is 0.245. The average Bonchev–Trinajstić information content (AvgIpc) is 2.43. The number of alkyl halides is 3. The molecule has 0 fully saturated rings. The van der Waals surface area contributed by atoms with Gasteiger partial charge in [0.05, 0.1) is 12.2 Å². The first-order valence-corrected chi connectivity index (χ1v) is 6.03. The van der Waals surface area contributed by atoms with Gasteiger partial charge in [0.15, 0.2) is 5.78 Å². The van der Waals surface area contributed by atoms with E-state index < -0.39 is 12.1 Å². The third-order valence-corrected chi connectivity index (χ3v) is 2.95. The number of carbonyl (C=O) groups excluding carboxylic acids is 2. The summed E-state index contributed by atoms with van der Waals surface area (Å²) < 4.78 is 42.9. The van der Waals surface area contributed by atoms with Crippen molar-refractivity contribution >= 4 is 17.4 Å². The Balaban J connectivity index is 2.43. The minimum absolute atomic E-state index is 0.0159. The number of carbonyl (C=O) groups is 2. The molecule has 0 spiro atoms. The van der Waals surface area contributed by atoms with E-state index >= 15 is 0 Å². The van der Waals surface area contributed by atoms with Crippen LogP contribution in [0.4, 0.5) is 18.9 Å². The van der Waals surface area contributed by atoms with Gasteiger partial charge in [-0.25, -0.2) is 0 Å². The Bertz CT molecular complexity index is 554. The largest absolute Gasteiger partial charge is 0.490 e. The quantitative estimate of drug-likeness (QED) is 0.785. The van der Waals surface area contributed by atoms with Crippen molar-refractivity contribution < 1.29 is 27.5 Å². The fraction of sp³-hybridized carbons (Fsp3) is 0.385. The first-order chi connectivity index (χ1) is 9.34. The number of benzene rings is 1. The third-order valence-electron chi connectivity index (χ3n) is 2.95. The highest BCUT2D eigenvalue weighted by atomic mass is 19.4. The number of fused-ring (bicyclic) bond motifs is 1.